The summed E-state index contributed by atoms with van der Waals surface area (Å²) in [5.41, 5.74) is 0.103. The Kier molecular flexibility index (Phi) is 4.17. The van der Waals surface area contributed by atoms with Crippen molar-refractivity contribution in [2.75, 3.05) is 40.8 Å². The smallest absolute Gasteiger partial charge is 0.184 e. The summed E-state index contributed by atoms with van der Waals surface area (Å²) in [5, 5.41) is 0. The first-order valence-electron chi connectivity index (χ1n) is 6.30. The van der Waals surface area contributed by atoms with Crippen LogP contribution in [0.25, 0.3) is 0 Å². The number of hydrogen-bond donors (Lipinski definition) is 0. The molecule has 1 unspecified atom stereocenters. The number of hydrogen-bond acceptors (Lipinski definition) is 4. The highest BCUT2D eigenvalue weighted by Crippen LogP contribution is 2.22. The molecule has 0 bridgehead atoms. The van der Waals surface area contributed by atoms with Crippen LogP contribution in [0.2, 0.25) is 0 Å². The lowest BCUT2D eigenvalue weighted by molar-refractivity contribution is 0.0681. The highest BCUT2D eigenvalue weighted by atomic mass is 19.1. The second-order valence-corrected chi connectivity index (χ2v) is 4.94. The Bertz CT molecular complexity index is 479. The highest BCUT2D eigenvalue weighted by molar-refractivity contribution is 6.01. The van der Waals surface area contributed by atoms with Crippen LogP contribution >= 0.6 is 0 Å². The predicted molar refractivity (Wildman–Crippen MR) is 71.2 cm³/mol. The van der Waals surface area contributed by atoms with Gasteiger partial charge in [0.05, 0.1) is 18.7 Å². The molecule has 1 aliphatic rings. The Hall–Kier alpha value is -1.46. The van der Waals surface area contributed by atoms with Crippen molar-refractivity contribution in [2.24, 2.45) is 0 Å². The van der Waals surface area contributed by atoms with Crippen LogP contribution in [0.3, 0.4) is 0 Å². The van der Waals surface area contributed by atoms with E-state index < -0.39 is 5.82 Å². The zero-order valence-corrected chi connectivity index (χ0v) is 11.5. The Morgan fingerprint density at radius 1 is 1.37 bits per heavy atom. The molecule has 0 saturated carbocycles. The van der Waals surface area contributed by atoms with Gasteiger partial charge in [-0.15, -0.1) is 0 Å². The summed E-state index contributed by atoms with van der Waals surface area (Å²) in [4.78, 5) is 16.5. The van der Waals surface area contributed by atoms with Crippen LogP contribution in [0.4, 0.5) is 4.39 Å². The molecule has 1 saturated heterocycles. The number of nitrogens with zero attached hydrogens (tertiary/aromatic N) is 2. The first-order valence-corrected chi connectivity index (χ1v) is 6.30. The van der Waals surface area contributed by atoms with Gasteiger partial charge in [-0.2, -0.15) is 0 Å². The lowest BCUT2D eigenvalue weighted by Crippen LogP contribution is -2.53. The van der Waals surface area contributed by atoms with Crippen molar-refractivity contribution in [1.29, 1.82) is 0 Å². The minimum absolute atomic E-state index is 0.103. The maximum absolute atomic E-state index is 14.1. The van der Waals surface area contributed by atoms with Crippen LogP contribution < -0.4 is 4.74 Å². The number of benzene rings is 1. The van der Waals surface area contributed by atoms with Gasteiger partial charge >= 0.3 is 0 Å². The zero-order chi connectivity index (χ0) is 14.0. The van der Waals surface area contributed by atoms with Crippen LogP contribution in [0.15, 0.2) is 18.2 Å². The molecular weight excluding hydrogens is 247 g/mol. The number of Topliss-reactive ketones (excluding diaryl/α,β-unsaturated/α-hetero) is 1. The molecule has 5 heteroatoms. The number of ether oxygens (including phenoxy) is 1. The van der Waals surface area contributed by atoms with Gasteiger partial charge in [-0.3, -0.25) is 9.69 Å². The Morgan fingerprint density at radius 3 is 2.79 bits per heavy atom. The van der Waals surface area contributed by atoms with Crippen LogP contribution in [-0.4, -0.2) is 62.5 Å². The Labute approximate surface area is 112 Å². The predicted octanol–water partition coefficient (Wildman–Crippen LogP) is 1.26. The van der Waals surface area contributed by atoms with Gasteiger partial charge < -0.3 is 9.64 Å². The van der Waals surface area contributed by atoms with E-state index in [-0.39, 0.29) is 23.1 Å². The number of carbonyl (C=O) groups is 1. The van der Waals surface area contributed by atoms with Gasteiger partial charge in [-0.25, -0.2) is 4.39 Å². The maximum atomic E-state index is 14.1. The van der Waals surface area contributed by atoms with E-state index in [1.165, 1.54) is 19.2 Å². The maximum Gasteiger partial charge on any atom is 0.184 e. The van der Waals surface area contributed by atoms with E-state index in [0.717, 1.165) is 13.1 Å². The van der Waals surface area contributed by atoms with Crippen LogP contribution in [0.1, 0.15) is 10.4 Å². The molecule has 1 aliphatic heterocycles. The molecule has 19 heavy (non-hydrogen) atoms. The molecule has 1 heterocycles. The molecule has 4 nitrogen and oxygen atoms in total. The molecule has 1 aromatic carbocycles. The number of likely N-dealkylation sites (N-methyl/N-ethyl adjacent to an activating group) is 2. The van der Waals surface area contributed by atoms with E-state index >= 15 is 0 Å². The zero-order valence-electron chi connectivity index (χ0n) is 11.5. The van der Waals surface area contributed by atoms with Crippen molar-refractivity contribution in [2.45, 2.75) is 6.04 Å². The van der Waals surface area contributed by atoms with Gasteiger partial charge in [-0.1, -0.05) is 6.07 Å². The van der Waals surface area contributed by atoms with Crippen molar-refractivity contribution in [3.63, 3.8) is 0 Å². The van der Waals surface area contributed by atoms with Gasteiger partial charge in [0.2, 0.25) is 0 Å². The molecule has 1 fully saturated rings. The summed E-state index contributed by atoms with van der Waals surface area (Å²) in [6.07, 6.45) is 0. The summed E-state index contributed by atoms with van der Waals surface area (Å²) < 4.78 is 19.0. The lowest BCUT2D eigenvalue weighted by Gasteiger charge is -2.36. The van der Waals surface area contributed by atoms with Crippen molar-refractivity contribution in [3.05, 3.63) is 29.6 Å². The third-order valence-electron chi connectivity index (χ3n) is 3.60. The van der Waals surface area contributed by atoms with Gasteiger partial charge in [0.15, 0.2) is 17.3 Å². The van der Waals surface area contributed by atoms with E-state index in [0.29, 0.717) is 6.54 Å². The second kappa shape index (κ2) is 5.67. The Morgan fingerprint density at radius 2 is 2.11 bits per heavy atom. The average Bonchev–Trinajstić information content (AvgIpc) is 2.41. The standard InChI is InChI=1S/C14H19FN2O2/c1-16-7-8-17(2)11(9-16)14(18)10-5-4-6-12(19-3)13(10)15/h4-6,11H,7-9H2,1-3H3. The van der Waals surface area contributed by atoms with Crippen molar-refractivity contribution in [1.82, 2.24) is 9.80 Å². The van der Waals surface area contributed by atoms with Crippen molar-refractivity contribution in [3.8, 4) is 5.75 Å². The first kappa shape index (κ1) is 14.0. The van der Waals surface area contributed by atoms with Crippen LogP contribution in [0, 0.1) is 5.82 Å². The average molecular weight is 266 g/mol. The van der Waals surface area contributed by atoms with E-state index in [1.54, 1.807) is 6.07 Å². The van der Waals surface area contributed by atoms with E-state index in [4.69, 9.17) is 4.74 Å². The molecule has 1 aromatic rings. The minimum atomic E-state index is -0.573. The van der Waals surface area contributed by atoms with Crippen molar-refractivity contribution < 1.29 is 13.9 Å². The summed E-state index contributed by atoms with van der Waals surface area (Å²) in [6.45, 7) is 2.34. The molecule has 0 aromatic heterocycles. The molecular formula is C14H19FN2O2. The fourth-order valence-corrected chi connectivity index (χ4v) is 2.33. The van der Waals surface area contributed by atoms with Gasteiger partial charge in [0.1, 0.15) is 0 Å². The third kappa shape index (κ3) is 2.77. The fourth-order valence-electron chi connectivity index (χ4n) is 2.33. The van der Waals surface area contributed by atoms with Crippen LogP contribution in [0.5, 0.6) is 5.75 Å². The fraction of sp³-hybridized carbons (Fsp3) is 0.500. The number of methoxy groups -OCH3 is 1. The lowest BCUT2D eigenvalue weighted by atomic mass is 10.0. The summed E-state index contributed by atoms with van der Waals surface area (Å²) in [7, 11) is 5.26. The van der Waals surface area contributed by atoms with Crippen LogP contribution in [-0.2, 0) is 0 Å². The third-order valence-corrected chi connectivity index (χ3v) is 3.60. The monoisotopic (exact) mass is 266 g/mol. The quantitative estimate of drug-likeness (QED) is 0.771. The van der Waals surface area contributed by atoms with Gasteiger partial charge in [0.25, 0.3) is 0 Å². The molecule has 0 amide bonds. The number of halogens is 1. The number of ketones is 1. The van der Waals surface area contributed by atoms with Crippen molar-refractivity contribution >= 4 is 5.78 Å². The Balaban J connectivity index is 2.28. The first-order chi connectivity index (χ1) is 9.04. The number of piperazine rings is 1. The topological polar surface area (TPSA) is 32.8 Å². The minimum Gasteiger partial charge on any atom is -0.494 e. The van der Waals surface area contributed by atoms with Gasteiger partial charge in [0, 0.05) is 19.6 Å². The summed E-state index contributed by atoms with van der Waals surface area (Å²) in [6, 6.07) is 4.37. The summed E-state index contributed by atoms with van der Waals surface area (Å²) in [5.74, 6) is -0.653. The molecule has 0 N–H and O–H groups in total. The number of carbonyl (C=O) groups excluding carboxylic acids is 1. The largest absolute Gasteiger partial charge is 0.494 e. The molecule has 0 radical (unpaired) electrons. The molecule has 1 atom stereocenters. The summed E-state index contributed by atoms with van der Waals surface area (Å²) >= 11 is 0. The van der Waals surface area contributed by atoms with E-state index in [9.17, 15) is 9.18 Å². The van der Waals surface area contributed by atoms with Gasteiger partial charge in [-0.05, 0) is 26.2 Å². The molecule has 104 valence electrons. The SMILES string of the molecule is COc1cccc(C(=O)C2CN(C)CCN2C)c1F. The molecule has 0 aliphatic carbocycles. The second-order valence-electron chi connectivity index (χ2n) is 4.94. The highest BCUT2D eigenvalue weighted by Gasteiger charge is 2.31. The van der Waals surface area contributed by atoms with E-state index in [1.807, 2.05) is 19.0 Å². The normalized spacial score (nSPS) is 21.4. The molecule has 2 rings (SSSR count). The number of rotatable bonds is 3. The molecule has 0 spiro atoms. The van der Waals surface area contributed by atoms with E-state index in [2.05, 4.69) is 4.90 Å².